The summed E-state index contributed by atoms with van der Waals surface area (Å²) in [5.41, 5.74) is 1.75. The van der Waals surface area contributed by atoms with Gasteiger partial charge in [-0.1, -0.05) is 29.3 Å². The Balaban J connectivity index is 1.74. The molecule has 0 radical (unpaired) electrons. The molecule has 0 spiro atoms. The number of hydroxylamine groups is 2. The van der Waals surface area contributed by atoms with E-state index < -0.39 is 17.8 Å². The third-order valence-corrected chi connectivity index (χ3v) is 3.94. The quantitative estimate of drug-likeness (QED) is 0.782. The molecule has 1 heterocycles. The summed E-state index contributed by atoms with van der Waals surface area (Å²) in [4.78, 5) is 44.0. The van der Waals surface area contributed by atoms with Gasteiger partial charge in [-0.25, -0.2) is 4.79 Å². The van der Waals surface area contributed by atoms with Crippen molar-refractivity contribution in [2.24, 2.45) is 0 Å². The Kier molecular flexibility index (Phi) is 4.63. The number of carbonyl (C=O) groups excluding carboxylic acids is 3. The van der Waals surface area contributed by atoms with E-state index in [9.17, 15) is 14.4 Å². The third-order valence-electron chi connectivity index (χ3n) is 3.94. The minimum absolute atomic E-state index is 0.236. The number of likely N-dealkylation sites (N-methyl/N-ethyl adjacent to an activating group) is 1. The van der Waals surface area contributed by atoms with Crippen LogP contribution in [0.1, 0.15) is 36.6 Å². The molecule has 25 heavy (non-hydrogen) atoms. The highest BCUT2D eigenvalue weighted by molar-refractivity contribution is 6.21. The van der Waals surface area contributed by atoms with Gasteiger partial charge in [0.25, 0.3) is 11.8 Å². The molecule has 0 bridgehead atoms. The van der Waals surface area contributed by atoms with E-state index in [4.69, 9.17) is 4.84 Å². The molecule has 0 saturated carbocycles. The van der Waals surface area contributed by atoms with Crippen molar-refractivity contribution in [1.82, 2.24) is 9.96 Å². The summed E-state index contributed by atoms with van der Waals surface area (Å²) in [7, 11) is 3.95. The van der Waals surface area contributed by atoms with Crippen LogP contribution in [0.2, 0.25) is 0 Å². The molecule has 2 aromatic rings. The molecular weight excluding hydrogens is 320 g/mol. The summed E-state index contributed by atoms with van der Waals surface area (Å²) in [5, 5.41) is 0.527. The lowest BCUT2D eigenvalue weighted by atomic mass is 10.1. The van der Waals surface area contributed by atoms with Crippen LogP contribution >= 0.6 is 0 Å². The van der Waals surface area contributed by atoms with Crippen LogP contribution in [0.4, 0.5) is 0 Å². The fourth-order valence-electron chi connectivity index (χ4n) is 2.59. The first-order chi connectivity index (χ1) is 12.0. The lowest BCUT2D eigenvalue weighted by Crippen LogP contribution is -2.32. The molecule has 2 aromatic carbocycles. The van der Waals surface area contributed by atoms with Gasteiger partial charge in [-0.05, 0) is 50.3 Å². The lowest BCUT2D eigenvalue weighted by Gasteiger charge is -2.13. The summed E-state index contributed by atoms with van der Waals surface area (Å²) >= 11 is 0. The number of nitrogens with zero attached hydrogens (tertiary/aromatic N) is 2. The number of amides is 2. The normalized spacial score (nSPS) is 13.3. The molecule has 0 saturated heterocycles. The number of fused-ring (bicyclic) bond motifs is 1. The SMILES string of the molecule is CN(C)CCc1cccc(C(=O)ON2C(=O)c3ccccc3C2=O)c1. The maximum Gasteiger partial charge on any atom is 0.363 e. The van der Waals surface area contributed by atoms with Crippen molar-refractivity contribution >= 4 is 17.8 Å². The average molecular weight is 338 g/mol. The Bertz CT molecular complexity index is 810. The third kappa shape index (κ3) is 3.44. The van der Waals surface area contributed by atoms with Crippen molar-refractivity contribution in [3.05, 3.63) is 70.8 Å². The van der Waals surface area contributed by atoms with E-state index in [1.807, 2.05) is 25.1 Å². The number of rotatable bonds is 5. The fraction of sp³-hybridized carbons (Fsp3) is 0.211. The first-order valence-electron chi connectivity index (χ1n) is 7.91. The van der Waals surface area contributed by atoms with Crippen LogP contribution in [0.25, 0.3) is 0 Å². The van der Waals surface area contributed by atoms with Crippen LogP contribution in [0.5, 0.6) is 0 Å². The van der Waals surface area contributed by atoms with Crippen molar-refractivity contribution < 1.29 is 19.2 Å². The number of benzene rings is 2. The second-order valence-electron chi connectivity index (χ2n) is 6.08. The molecule has 0 aliphatic carbocycles. The summed E-state index contributed by atoms with van der Waals surface area (Å²) in [6.07, 6.45) is 0.779. The van der Waals surface area contributed by atoms with Gasteiger partial charge in [-0.2, -0.15) is 0 Å². The van der Waals surface area contributed by atoms with Crippen molar-refractivity contribution in [2.75, 3.05) is 20.6 Å². The molecule has 0 aromatic heterocycles. The molecule has 6 nitrogen and oxygen atoms in total. The zero-order valence-corrected chi connectivity index (χ0v) is 14.1. The molecule has 3 rings (SSSR count). The van der Waals surface area contributed by atoms with E-state index in [1.165, 1.54) is 12.1 Å². The summed E-state index contributed by atoms with van der Waals surface area (Å²) in [6, 6.07) is 13.4. The molecule has 1 aliphatic rings. The second-order valence-corrected chi connectivity index (χ2v) is 6.08. The van der Waals surface area contributed by atoms with E-state index in [2.05, 4.69) is 0 Å². The summed E-state index contributed by atoms with van der Waals surface area (Å²) < 4.78 is 0. The van der Waals surface area contributed by atoms with E-state index in [1.54, 1.807) is 30.3 Å². The number of hydrogen-bond donors (Lipinski definition) is 0. The van der Waals surface area contributed by atoms with Gasteiger partial charge in [-0.15, -0.1) is 0 Å². The standard InChI is InChI=1S/C19H18N2O4/c1-20(2)11-10-13-6-5-7-14(12-13)19(24)25-21-17(22)15-8-3-4-9-16(15)18(21)23/h3-9,12H,10-11H2,1-2H3. The highest BCUT2D eigenvalue weighted by atomic mass is 16.7. The molecule has 6 heteroatoms. The molecular formula is C19H18N2O4. The minimum atomic E-state index is -0.735. The highest BCUT2D eigenvalue weighted by Crippen LogP contribution is 2.23. The van der Waals surface area contributed by atoms with E-state index in [-0.39, 0.29) is 11.1 Å². The molecule has 0 unspecified atom stereocenters. The maximum absolute atomic E-state index is 12.4. The number of imide groups is 1. The predicted molar refractivity (Wildman–Crippen MR) is 91.1 cm³/mol. The van der Waals surface area contributed by atoms with Crippen LogP contribution in [0.3, 0.4) is 0 Å². The topological polar surface area (TPSA) is 66.9 Å². The summed E-state index contributed by atoms with van der Waals surface area (Å²) in [6.45, 7) is 0.844. The van der Waals surface area contributed by atoms with Crippen LogP contribution in [0, 0.1) is 0 Å². The van der Waals surface area contributed by atoms with E-state index >= 15 is 0 Å². The monoisotopic (exact) mass is 338 g/mol. The highest BCUT2D eigenvalue weighted by Gasteiger charge is 2.38. The Morgan fingerprint density at radius 3 is 2.24 bits per heavy atom. The van der Waals surface area contributed by atoms with Crippen molar-refractivity contribution in [2.45, 2.75) is 6.42 Å². The van der Waals surface area contributed by atoms with Gasteiger partial charge in [0, 0.05) is 6.54 Å². The van der Waals surface area contributed by atoms with Crippen LogP contribution in [-0.4, -0.2) is 48.4 Å². The predicted octanol–water partition coefficient (Wildman–Crippen LogP) is 2.16. The van der Waals surface area contributed by atoms with E-state index in [0.717, 1.165) is 18.5 Å². The van der Waals surface area contributed by atoms with Crippen molar-refractivity contribution in [3.8, 4) is 0 Å². The van der Waals surface area contributed by atoms with Gasteiger partial charge in [-0.3, -0.25) is 9.59 Å². The van der Waals surface area contributed by atoms with Gasteiger partial charge in [0.1, 0.15) is 0 Å². The van der Waals surface area contributed by atoms with Gasteiger partial charge in [0.2, 0.25) is 0 Å². The van der Waals surface area contributed by atoms with Gasteiger partial charge in [0.05, 0.1) is 16.7 Å². The number of carbonyl (C=O) groups is 3. The molecule has 0 atom stereocenters. The molecule has 0 fully saturated rings. The first kappa shape index (κ1) is 16.9. The smallest absolute Gasteiger partial charge is 0.324 e. The van der Waals surface area contributed by atoms with Crippen LogP contribution < -0.4 is 0 Å². The Morgan fingerprint density at radius 1 is 1.00 bits per heavy atom. The Morgan fingerprint density at radius 2 is 1.64 bits per heavy atom. The molecule has 2 amide bonds. The largest absolute Gasteiger partial charge is 0.363 e. The zero-order valence-electron chi connectivity index (χ0n) is 14.1. The number of hydrogen-bond acceptors (Lipinski definition) is 5. The maximum atomic E-state index is 12.4. The Labute approximate surface area is 145 Å². The van der Waals surface area contributed by atoms with Crippen molar-refractivity contribution in [1.29, 1.82) is 0 Å². The minimum Gasteiger partial charge on any atom is -0.324 e. The molecule has 128 valence electrons. The molecule has 0 N–H and O–H groups in total. The van der Waals surface area contributed by atoms with Gasteiger partial charge >= 0.3 is 5.97 Å². The van der Waals surface area contributed by atoms with Crippen LogP contribution in [-0.2, 0) is 11.3 Å². The Hall–Kier alpha value is -2.99. The van der Waals surface area contributed by atoms with Gasteiger partial charge < -0.3 is 9.74 Å². The van der Waals surface area contributed by atoms with Gasteiger partial charge in [0.15, 0.2) is 0 Å². The second kappa shape index (κ2) is 6.86. The molecule has 1 aliphatic heterocycles. The lowest BCUT2D eigenvalue weighted by molar-refractivity contribution is -0.0584. The van der Waals surface area contributed by atoms with Crippen molar-refractivity contribution in [3.63, 3.8) is 0 Å². The average Bonchev–Trinajstić information content (AvgIpc) is 2.85. The van der Waals surface area contributed by atoms with Crippen LogP contribution in [0.15, 0.2) is 48.5 Å². The van der Waals surface area contributed by atoms with E-state index in [0.29, 0.717) is 10.6 Å². The first-order valence-corrected chi connectivity index (χ1v) is 7.91. The zero-order chi connectivity index (χ0) is 18.0. The fourth-order valence-corrected chi connectivity index (χ4v) is 2.59. The summed E-state index contributed by atoms with van der Waals surface area (Å²) in [5.74, 6) is -1.99.